The van der Waals surface area contributed by atoms with E-state index in [1.807, 2.05) is 38.2 Å². The minimum atomic E-state index is -3.14. The lowest BCUT2D eigenvalue weighted by Crippen LogP contribution is -2.23. The molecule has 3 rings (SSSR count). The van der Waals surface area contributed by atoms with Crippen LogP contribution in [0.4, 0.5) is 5.82 Å². The number of nitrogens with one attached hydrogen (secondary N) is 2. The summed E-state index contributed by atoms with van der Waals surface area (Å²) in [7, 11) is -1.17. The number of anilines is 1. The van der Waals surface area contributed by atoms with Gasteiger partial charge in [-0.15, -0.1) is 0 Å². The number of hydrogen-bond acceptors (Lipinski definition) is 5. The lowest BCUT2D eigenvalue weighted by atomic mass is 10.0. The van der Waals surface area contributed by atoms with E-state index in [9.17, 15) is 8.42 Å². The van der Waals surface area contributed by atoms with Gasteiger partial charge in [0.25, 0.3) is 0 Å². The molecule has 2 aromatic heterocycles. The molecule has 0 bridgehead atoms. The average Bonchev–Trinajstić information content (AvgIpc) is 2.98. The predicted octanol–water partition coefficient (Wildman–Crippen LogP) is 1.05. The monoisotopic (exact) mass is 405 g/mol. The molecule has 3 aromatic rings. The van der Waals surface area contributed by atoms with Crippen molar-refractivity contribution in [3.05, 3.63) is 41.6 Å². The maximum atomic E-state index is 11.1. The van der Waals surface area contributed by atoms with Crippen molar-refractivity contribution in [3.8, 4) is 11.3 Å². The van der Waals surface area contributed by atoms with Gasteiger partial charge in [-0.1, -0.05) is 29.8 Å². The van der Waals surface area contributed by atoms with Crippen LogP contribution in [0.25, 0.3) is 16.9 Å². The molecule has 0 aliphatic rings. The van der Waals surface area contributed by atoms with Gasteiger partial charge in [0.05, 0.1) is 11.9 Å². The molecule has 0 aliphatic carbocycles. The van der Waals surface area contributed by atoms with Gasteiger partial charge < -0.3 is 5.32 Å². The van der Waals surface area contributed by atoms with Crippen LogP contribution in [-0.4, -0.2) is 50.2 Å². The van der Waals surface area contributed by atoms with Gasteiger partial charge in [0.15, 0.2) is 5.65 Å². The normalized spacial score (nSPS) is 11.8. The van der Waals surface area contributed by atoms with Crippen LogP contribution in [0.15, 0.2) is 36.5 Å². The van der Waals surface area contributed by atoms with E-state index in [1.165, 1.54) is 0 Å². The van der Waals surface area contributed by atoms with Crippen molar-refractivity contribution in [1.29, 1.82) is 0 Å². The van der Waals surface area contributed by atoms with E-state index in [0.717, 1.165) is 47.3 Å². The molecule has 0 unspecified atom stereocenters. The first kappa shape index (κ1) is 19.7. The average molecular weight is 406 g/mol. The third-order valence-electron chi connectivity index (χ3n) is 4.07. The van der Waals surface area contributed by atoms with Crippen LogP contribution >= 0.6 is 11.6 Å². The summed E-state index contributed by atoms with van der Waals surface area (Å²) >= 11 is 6.34. The van der Waals surface area contributed by atoms with Gasteiger partial charge in [0.2, 0.25) is 10.0 Å². The molecule has 2 heterocycles. The van der Waals surface area contributed by atoms with Crippen LogP contribution in [0.5, 0.6) is 0 Å². The number of sulfonamides is 1. The topological polar surface area (TPSA) is 88.4 Å². The Morgan fingerprint density at radius 2 is 1.96 bits per heavy atom. The lowest BCUT2D eigenvalue weighted by molar-refractivity contribution is 0.583. The summed E-state index contributed by atoms with van der Waals surface area (Å²) in [6.07, 6.45) is 4.49. The summed E-state index contributed by atoms with van der Waals surface area (Å²) < 4.78 is 26.4. The molecule has 0 amide bonds. The van der Waals surface area contributed by atoms with E-state index in [2.05, 4.69) is 15.1 Å². The van der Waals surface area contributed by atoms with E-state index >= 15 is 0 Å². The number of halogens is 1. The van der Waals surface area contributed by atoms with Crippen LogP contribution in [0.1, 0.15) is 12.8 Å². The summed E-state index contributed by atoms with van der Waals surface area (Å²) in [5, 5.41) is 8.40. The molecule has 2 N–H and O–H groups in total. The molecule has 0 fully saturated rings. The number of aromatic nitrogens is 3. The Morgan fingerprint density at radius 3 is 2.70 bits per heavy atom. The summed E-state index contributed by atoms with van der Waals surface area (Å²) in [6, 6.07) is 9.52. The zero-order valence-corrected chi connectivity index (χ0v) is 16.8. The van der Waals surface area contributed by atoms with E-state index in [1.54, 1.807) is 10.7 Å². The Hall–Kier alpha value is -2.10. The number of nitrogens with zero attached hydrogens (tertiary/aromatic N) is 3. The van der Waals surface area contributed by atoms with Gasteiger partial charge in [0, 0.05) is 35.9 Å². The molecule has 0 saturated heterocycles. The van der Waals surface area contributed by atoms with Gasteiger partial charge in [-0.2, -0.15) is 9.61 Å². The van der Waals surface area contributed by atoms with E-state index in [0.29, 0.717) is 18.1 Å². The largest absolute Gasteiger partial charge is 0.370 e. The number of unbranched alkanes of at least 4 members (excludes halogenated alkanes) is 1. The summed E-state index contributed by atoms with van der Waals surface area (Å²) in [6.45, 7) is 1.11. The maximum Gasteiger partial charge on any atom is 0.208 e. The molecular formula is C17H21BClN5O2S. The van der Waals surface area contributed by atoms with Gasteiger partial charge >= 0.3 is 0 Å². The number of hydrogen-bond donors (Lipinski definition) is 2. The SMILES string of the molecule is Bc1cnn2c(NCCCCNS(C)(=O)=O)cc(-c3ccccc3Cl)nc12. The highest BCUT2D eigenvalue weighted by atomic mass is 35.5. The molecule has 1 aromatic carbocycles. The Morgan fingerprint density at radius 1 is 1.22 bits per heavy atom. The van der Waals surface area contributed by atoms with E-state index in [4.69, 9.17) is 16.6 Å². The van der Waals surface area contributed by atoms with Crippen LogP contribution in [0.2, 0.25) is 5.02 Å². The fourth-order valence-corrected chi connectivity index (χ4v) is 3.48. The molecule has 0 spiro atoms. The lowest BCUT2D eigenvalue weighted by Gasteiger charge is -2.12. The molecule has 0 saturated carbocycles. The highest BCUT2D eigenvalue weighted by Gasteiger charge is 2.12. The molecule has 10 heteroatoms. The zero-order valence-electron chi connectivity index (χ0n) is 15.2. The number of fused-ring (bicyclic) bond motifs is 1. The van der Waals surface area contributed by atoms with Crippen LogP contribution in [0, 0.1) is 0 Å². The first-order valence-corrected chi connectivity index (χ1v) is 10.9. The van der Waals surface area contributed by atoms with Crippen molar-refractivity contribution in [2.45, 2.75) is 12.8 Å². The Bertz CT molecular complexity index is 1050. The quantitative estimate of drug-likeness (QED) is 0.432. The fourth-order valence-electron chi connectivity index (χ4n) is 2.73. The van der Waals surface area contributed by atoms with Crippen molar-refractivity contribution < 1.29 is 8.42 Å². The van der Waals surface area contributed by atoms with Crippen molar-refractivity contribution in [2.75, 3.05) is 24.7 Å². The molecule has 7 nitrogen and oxygen atoms in total. The van der Waals surface area contributed by atoms with Gasteiger partial charge in [-0.05, 0) is 24.4 Å². The van der Waals surface area contributed by atoms with Crippen molar-refractivity contribution in [1.82, 2.24) is 19.3 Å². The second-order valence-electron chi connectivity index (χ2n) is 6.37. The van der Waals surface area contributed by atoms with Crippen molar-refractivity contribution in [2.24, 2.45) is 0 Å². The second-order valence-corrected chi connectivity index (χ2v) is 8.61. The molecule has 0 radical (unpaired) electrons. The Labute approximate surface area is 164 Å². The fraction of sp³-hybridized carbons (Fsp3) is 0.294. The molecule has 0 atom stereocenters. The highest BCUT2D eigenvalue weighted by Crippen LogP contribution is 2.28. The predicted molar refractivity (Wildman–Crippen MR) is 112 cm³/mol. The molecular weight excluding hydrogens is 385 g/mol. The summed E-state index contributed by atoms with van der Waals surface area (Å²) in [5.41, 5.74) is 3.39. The number of benzene rings is 1. The first-order chi connectivity index (χ1) is 12.8. The van der Waals surface area contributed by atoms with Crippen LogP contribution < -0.4 is 15.5 Å². The number of rotatable bonds is 8. The van der Waals surface area contributed by atoms with Crippen molar-refractivity contribution in [3.63, 3.8) is 0 Å². The summed E-state index contributed by atoms with van der Waals surface area (Å²) in [4.78, 5) is 4.71. The third kappa shape index (κ3) is 5.00. The van der Waals surface area contributed by atoms with Crippen LogP contribution in [-0.2, 0) is 10.0 Å². The van der Waals surface area contributed by atoms with E-state index < -0.39 is 10.0 Å². The van der Waals surface area contributed by atoms with Crippen molar-refractivity contribution >= 4 is 46.4 Å². The van der Waals surface area contributed by atoms with Gasteiger partial charge in [-0.25, -0.2) is 18.1 Å². The second kappa shape index (κ2) is 8.29. The Kier molecular flexibility index (Phi) is 6.03. The third-order valence-corrected chi connectivity index (χ3v) is 5.13. The first-order valence-electron chi connectivity index (χ1n) is 8.64. The minimum Gasteiger partial charge on any atom is -0.370 e. The summed E-state index contributed by atoms with van der Waals surface area (Å²) in [5.74, 6) is 0.819. The smallest absolute Gasteiger partial charge is 0.208 e. The minimum absolute atomic E-state index is 0.429. The van der Waals surface area contributed by atoms with Gasteiger partial charge in [0.1, 0.15) is 13.7 Å². The maximum absolute atomic E-state index is 11.1. The molecule has 142 valence electrons. The Balaban J connectivity index is 1.77. The van der Waals surface area contributed by atoms with E-state index in [-0.39, 0.29) is 0 Å². The van der Waals surface area contributed by atoms with Crippen LogP contribution in [0.3, 0.4) is 0 Å². The standard InChI is InChI=1S/C17H21BClN5O2S/c1-27(25,26)22-9-5-4-8-20-16-10-15(12-6-2-3-7-14(12)19)23-17-13(18)11-21-24(16)17/h2-3,6-7,10-11,20,22H,4-5,8-9,18H2,1H3. The molecule has 0 aliphatic heterocycles. The highest BCUT2D eigenvalue weighted by molar-refractivity contribution is 7.88. The zero-order chi connectivity index (χ0) is 19.4. The molecule has 27 heavy (non-hydrogen) atoms. The van der Waals surface area contributed by atoms with Gasteiger partial charge in [-0.3, -0.25) is 0 Å².